The Balaban J connectivity index is 2.03. The van der Waals surface area contributed by atoms with Gasteiger partial charge in [-0.25, -0.2) is 4.79 Å². The van der Waals surface area contributed by atoms with Crippen molar-refractivity contribution in [2.75, 3.05) is 5.32 Å². The normalized spacial score (nSPS) is 11.6. The summed E-state index contributed by atoms with van der Waals surface area (Å²) in [5, 5.41) is 3.26. The number of ether oxygens (including phenoxy) is 1. The molecule has 1 aromatic carbocycles. The van der Waals surface area contributed by atoms with E-state index in [1.54, 1.807) is 19.1 Å². The fourth-order valence-electron chi connectivity index (χ4n) is 1.90. The van der Waals surface area contributed by atoms with Crippen LogP contribution >= 0.6 is 11.6 Å². The van der Waals surface area contributed by atoms with Crippen LogP contribution in [0.15, 0.2) is 42.7 Å². The van der Waals surface area contributed by atoms with E-state index in [2.05, 4.69) is 10.3 Å². The maximum Gasteiger partial charge on any atom is 0.339 e. The molecule has 0 aliphatic carbocycles. The summed E-state index contributed by atoms with van der Waals surface area (Å²) >= 11 is 6.03. The van der Waals surface area contributed by atoms with E-state index in [0.29, 0.717) is 22.7 Å². The number of amides is 1. The first-order valence-corrected chi connectivity index (χ1v) is 7.57. The van der Waals surface area contributed by atoms with Crippen molar-refractivity contribution in [1.29, 1.82) is 0 Å². The van der Waals surface area contributed by atoms with Gasteiger partial charge in [-0.1, -0.05) is 24.6 Å². The second kappa shape index (κ2) is 7.74. The lowest BCUT2D eigenvalue weighted by atomic mass is 10.2. The number of halogens is 1. The first-order chi connectivity index (χ1) is 11.0. The molecule has 2 aromatic rings. The van der Waals surface area contributed by atoms with Crippen LogP contribution in [0.5, 0.6) is 0 Å². The molecule has 120 valence electrons. The number of esters is 1. The third kappa shape index (κ3) is 4.53. The molecule has 0 spiro atoms. The Labute approximate surface area is 139 Å². The molecule has 0 bridgehead atoms. The summed E-state index contributed by atoms with van der Waals surface area (Å²) in [5.41, 5.74) is 1.83. The van der Waals surface area contributed by atoms with Gasteiger partial charge in [0.2, 0.25) is 0 Å². The fourth-order valence-corrected chi connectivity index (χ4v) is 2.08. The number of hydrogen-bond donors (Lipinski definition) is 1. The monoisotopic (exact) mass is 332 g/mol. The van der Waals surface area contributed by atoms with Crippen LogP contribution in [0.3, 0.4) is 0 Å². The Morgan fingerprint density at radius 3 is 2.57 bits per heavy atom. The molecule has 1 atom stereocenters. The Bertz CT molecular complexity index is 704. The lowest BCUT2D eigenvalue weighted by Gasteiger charge is -2.16. The number of aryl methyl sites for hydroxylation is 1. The van der Waals surface area contributed by atoms with Gasteiger partial charge in [0.15, 0.2) is 6.10 Å². The number of nitrogens with one attached hydrogen (secondary N) is 1. The molecule has 5 nitrogen and oxygen atoms in total. The summed E-state index contributed by atoms with van der Waals surface area (Å²) in [6.07, 6.45) is 2.47. The molecule has 23 heavy (non-hydrogen) atoms. The largest absolute Gasteiger partial charge is 0.449 e. The van der Waals surface area contributed by atoms with E-state index >= 15 is 0 Å². The van der Waals surface area contributed by atoms with Crippen LogP contribution in [0, 0.1) is 6.92 Å². The van der Waals surface area contributed by atoms with Gasteiger partial charge in [0.25, 0.3) is 5.91 Å². The highest BCUT2D eigenvalue weighted by Gasteiger charge is 2.22. The van der Waals surface area contributed by atoms with Crippen molar-refractivity contribution in [1.82, 2.24) is 4.98 Å². The SMILES string of the molecule is CCC(OC(=O)c1ccncc1)C(=O)Nc1ccc(C)c(Cl)c1. The molecule has 1 N–H and O–H groups in total. The van der Waals surface area contributed by atoms with Crippen molar-refractivity contribution < 1.29 is 14.3 Å². The Morgan fingerprint density at radius 1 is 1.26 bits per heavy atom. The summed E-state index contributed by atoms with van der Waals surface area (Å²) in [5.74, 6) is -0.953. The van der Waals surface area contributed by atoms with E-state index in [1.165, 1.54) is 24.5 Å². The summed E-state index contributed by atoms with van der Waals surface area (Å²) in [7, 11) is 0. The third-order valence-corrected chi connectivity index (χ3v) is 3.68. The molecular weight excluding hydrogens is 316 g/mol. The van der Waals surface area contributed by atoms with E-state index in [0.717, 1.165) is 5.56 Å². The van der Waals surface area contributed by atoms with E-state index in [1.807, 2.05) is 13.0 Å². The van der Waals surface area contributed by atoms with Gasteiger partial charge >= 0.3 is 5.97 Å². The molecule has 6 heteroatoms. The molecule has 1 heterocycles. The van der Waals surface area contributed by atoms with Crippen LogP contribution in [0.4, 0.5) is 5.69 Å². The quantitative estimate of drug-likeness (QED) is 0.849. The van der Waals surface area contributed by atoms with Crippen molar-refractivity contribution in [2.24, 2.45) is 0 Å². The van der Waals surface area contributed by atoms with Crippen LogP contribution in [0.25, 0.3) is 0 Å². The van der Waals surface area contributed by atoms with Gasteiger partial charge in [-0.15, -0.1) is 0 Å². The molecule has 1 amide bonds. The molecule has 1 unspecified atom stereocenters. The van der Waals surface area contributed by atoms with Gasteiger partial charge in [0.05, 0.1) is 5.56 Å². The van der Waals surface area contributed by atoms with Crippen molar-refractivity contribution in [3.63, 3.8) is 0 Å². The first-order valence-electron chi connectivity index (χ1n) is 7.19. The average molecular weight is 333 g/mol. The maximum absolute atomic E-state index is 12.3. The Hall–Kier alpha value is -2.40. The number of carbonyl (C=O) groups is 2. The first kappa shape index (κ1) is 17.0. The lowest BCUT2D eigenvalue weighted by Crippen LogP contribution is -2.32. The summed E-state index contributed by atoms with van der Waals surface area (Å²) in [6.45, 7) is 3.64. The van der Waals surface area contributed by atoms with E-state index in [4.69, 9.17) is 16.3 Å². The van der Waals surface area contributed by atoms with Crippen molar-refractivity contribution in [3.05, 3.63) is 58.9 Å². The molecule has 1 aromatic heterocycles. The zero-order valence-electron chi connectivity index (χ0n) is 12.9. The van der Waals surface area contributed by atoms with Gasteiger partial charge in [0.1, 0.15) is 0 Å². The predicted molar refractivity (Wildman–Crippen MR) is 88.6 cm³/mol. The van der Waals surface area contributed by atoms with Crippen LogP contribution in [0.1, 0.15) is 29.3 Å². The summed E-state index contributed by atoms with van der Waals surface area (Å²) < 4.78 is 5.26. The molecule has 0 radical (unpaired) electrons. The summed E-state index contributed by atoms with van der Waals surface area (Å²) in [6, 6.07) is 8.28. The van der Waals surface area contributed by atoms with Gasteiger partial charge in [0, 0.05) is 23.1 Å². The molecule has 0 saturated carbocycles. The van der Waals surface area contributed by atoms with Gasteiger partial charge in [-0.2, -0.15) is 0 Å². The average Bonchev–Trinajstić information content (AvgIpc) is 2.56. The second-order valence-corrected chi connectivity index (χ2v) is 5.40. The minimum Gasteiger partial charge on any atom is -0.449 e. The van der Waals surface area contributed by atoms with Crippen LogP contribution < -0.4 is 5.32 Å². The molecule has 0 saturated heterocycles. The molecule has 0 aliphatic rings. The van der Waals surface area contributed by atoms with Crippen LogP contribution in [0.2, 0.25) is 5.02 Å². The number of carbonyl (C=O) groups excluding carboxylic acids is 2. The number of hydrogen-bond acceptors (Lipinski definition) is 4. The predicted octanol–water partition coefficient (Wildman–Crippen LogP) is 3.62. The van der Waals surface area contributed by atoms with E-state index < -0.39 is 18.0 Å². The maximum atomic E-state index is 12.3. The van der Waals surface area contributed by atoms with Crippen LogP contribution in [-0.4, -0.2) is 23.0 Å². The Morgan fingerprint density at radius 2 is 1.96 bits per heavy atom. The minimum atomic E-state index is -0.879. The minimum absolute atomic E-state index is 0.352. The van der Waals surface area contributed by atoms with Gasteiger partial charge in [-0.3, -0.25) is 9.78 Å². The molecule has 0 aliphatic heterocycles. The molecule has 0 fully saturated rings. The van der Waals surface area contributed by atoms with Crippen molar-refractivity contribution in [2.45, 2.75) is 26.4 Å². The lowest BCUT2D eigenvalue weighted by molar-refractivity contribution is -0.124. The fraction of sp³-hybridized carbons (Fsp3) is 0.235. The van der Waals surface area contributed by atoms with Crippen molar-refractivity contribution in [3.8, 4) is 0 Å². The third-order valence-electron chi connectivity index (χ3n) is 3.27. The van der Waals surface area contributed by atoms with Gasteiger partial charge in [-0.05, 0) is 43.2 Å². The molecular formula is C17H17ClN2O3. The highest BCUT2D eigenvalue weighted by molar-refractivity contribution is 6.31. The second-order valence-electron chi connectivity index (χ2n) is 4.99. The highest BCUT2D eigenvalue weighted by Crippen LogP contribution is 2.20. The van der Waals surface area contributed by atoms with Crippen LogP contribution in [-0.2, 0) is 9.53 Å². The van der Waals surface area contributed by atoms with Gasteiger partial charge < -0.3 is 10.1 Å². The molecule has 2 rings (SSSR count). The van der Waals surface area contributed by atoms with E-state index in [-0.39, 0.29) is 0 Å². The van der Waals surface area contributed by atoms with E-state index in [9.17, 15) is 9.59 Å². The standard InChI is InChI=1S/C17H17ClN2O3/c1-3-15(23-17(22)12-6-8-19-9-7-12)16(21)20-13-5-4-11(2)14(18)10-13/h4-10,15H,3H2,1-2H3,(H,20,21). The number of nitrogens with zero attached hydrogens (tertiary/aromatic N) is 1. The number of anilines is 1. The number of pyridine rings is 1. The zero-order chi connectivity index (χ0) is 16.8. The van der Waals surface area contributed by atoms with Crippen molar-refractivity contribution >= 4 is 29.2 Å². The number of aromatic nitrogens is 1. The Kier molecular flexibility index (Phi) is 5.71. The number of rotatable bonds is 5. The smallest absolute Gasteiger partial charge is 0.339 e. The topological polar surface area (TPSA) is 68.3 Å². The highest BCUT2D eigenvalue weighted by atomic mass is 35.5. The zero-order valence-corrected chi connectivity index (χ0v) is 13.6. The summed E-state index contributed by atoms with van der Waals surface area (Å²) in [4.78, 5) is 28.1. The number of benzene rings is 1.